The van der Waals surface area contributed by atoms with Crippen molar-refractivity contribution < 1.29 is 24.2 Å². The lowest BCUT2D eigenvalue weighted by Gasteiger charge is -2.26. The van der Waals surface area contributed by atoms with Crippen molar-refractivity contribution >= 4 is 51.0 Å². The van der Waals surface area contributed by atoms with Gasteiger partial charge in [-0.15, -0.1) is 0 Å². The van der Waals surface area contributed by atoms with Gasteiger partial charge >= 0.3 is 5.97 Å². The molecule has 1 aliphatic rings. The van der Waals surface area contributed by atoms with Crippen LogP contribution in [0.15, 0.2) is 59.1 Å². The van der Waals surface area contributed by atoms with E-state index < -0.39 is 23.9 Å². The number of benzene rings is 2. The minimum Gasteiger partial charge on any atom is -0.481 e. The number of nitrogens with one attached hydrogen (secondary N) is 2. The molecule has 0 radical (unpaired) electrons. The third-order valence-electron chi connectivity index (χ3n) is 5.07. The van der Waals surface area contributed by atoms with E-state index in [1.807, 2.05) is 30.3 Å². The second kappa shape index (κ2) is 9.68. The Morgan fingerprint density at radius 1 is 1.15 bits per heavy atom. The van der Waals surface area contributed by atoms with Gasteiger partial charge in [0.2, 0.25) is 5.91 Å². The van der Waals surface area contributed by atoms with E-state index in [1.165, 1.54) is 0 Å². The van der Waals surface area contributed by atoms with Crippen molar-refractivity contribution in [2.75, 3.05) is 10.7 Å². The van der Waals surface area contributed by atoms with Crippen LogP contribution in [0.1, 0.15) is 18.5 Å². The zero-order valence-corrected chi connectivity index (χ0v) is 19.5. The third-order valence-corrected chi connectivity index (χ3v) is 5.83. The summed E-state index contributed by atoms with van der Waals surface area (Å²) >= 11 is 9.34. The predicted octanol–water partition coefficient (Wildman–Crippen LogP) is 4.45. The number of carboxylic acid groups (broad SMARTS) is 1. The first kappa shape index (κ1) is 22.9. The SMILES string of the molecule is O=C(O)CCc1ccc(-c2ccc(Br)cc2)n1NC(=O)C[C@H]1Oc2ccc(Cl)cc2NC1=O. The van der Waals surface area contributed by atoms with Crippen molar-refractivity contribution in [1.29, 1.82) is 0 Å². The van der Waals surface area contributed by atoms with Gasteiger partial charge in [-0.05, 0) is 42.5 Å². The van der Waals surface area contributed by atoms with Gasteiger partial charge in [-0.1, -0.05) is 39.7 Å². The Kier molecular flexibility index (Phi) is 6.71. The van der Waals surface area contributed by atoms with Crippen molar-refractivity contribution in [2.24, 2.45) is 0 Å². The van der Waals surface area contributed by atoms with Gasteiger partial charge in [0, 0.05) is 27.2 Å². The van der Waals surface area contributed by atoms with Crippen LogP contribution < -0.4 is 15.5 Å². The molecule has 2 aromatic carbocycles. The molecule has 8 nitrogen and oxygen atoms in total. The number of hydrogen-bond donors (Lipinski definition) is 3. The summed E-state index contributed by atoms with van der Waals surface area (Å²) in [7, 11) is 0. The van der Waals surface area contributed by atoms with Crippen molar-refractivity contribution in [2.45, 2.75) is 25.4 Å². The maximum absolute atomic E-state index is 12.9. The summed E-state index contributed by atoms with van der Waals surface area (Å²) in [5.41, 5.74) is 5.38. The Bertz CT molecular complexity index is 1230. The second-order valence-electron chi connectivity index (χ2n) is 7.42. The minimum atomic E-state index is -1.02. The molecule has 0 bridgehead atoms. The monoisotopic (exact) mass is 531 g/mol. The first-order valence-electron chi connectivity index (χ1n) is 10.1. The lowest BCUT2D eigenvalue weighted by atomic mass is 10.1. The standard InChI is InChI=1S/C23H19BrClN3O5/c24-14-3-1-13(2-4-14)18-8-6-16(7-10-22(30)31)28(18)27-21(29)12-20-23(32)26-17-11-15(25)5-9-19(17)33-20/h1-6,8-9,11,20H,7,10,12H2,(H,26,32)(H,27,29)(H,30,31)/t20-/m1/s1. The summed E-state index contributed by atoms with van der Waals surface area (Å²) in [6.45, 7) is 0. The molecule has 1 aromatic heterocycles. The molecule has 2 heterocycles. The van der Waals surface area contributed by atoms with E-state index in [-0.39, 0.29) is 19.3 Å². The molecule has 10 heteroatoms. The number of aliphatic carboxylic acids is 1. The quantitative estimate of drug-likeness (QED) is 0.417. The molecule has 4 rings (SSSR count). The van der Waals surface area contributed by atoms with Crippen LogP contribution in [0.3, 0.4) is 0 Å². The number of hydrogen-bond acceptors (Lipinski definition) is 4. The normalized spacial score (nSPS) is 14.7. The molecule has 0 spiro atoms. The molecule has 0 aliphatic carbocycles. The van der Waals surface area contributed by atoms with E-state index >= 15 is 0 Å². The van der Waals surface area contributed by atoms with Gasteiger partial charge < -0.3 is 15.2 Å². The maximum atomic E-state index is 12.9. The molecule has 170 valence electrons. The van der Waals surface area contributed by atoms with Crippen molar-refractivity contribution in [1.82, 2.24) is 4.68 Å². The smallest absolute Gasteiger partial charge is 0.303 e. The summed E-state index contributed by atoms with van der Waals surface area (Å²) in [4.78, 5) is 36.4. The summed E-state index contributed by atoms with van der Waals surface area (Å²) in [5.74, 6) is -1.42. The lowest BCUT2D eigenvalue weighted by molar-refractivity contribution is -0.137. The number of carboxylic acids is 1. The average molecular weight is 533 g/mol. The zero-order chi connectivity index (χ0) is 23.5. The van der Waals surface area contributed by atoms with Crippen LogP contribution in [0.4, 0.5) is 5.69 Å². The first-order valence-corrected chi connectivity index (χ1v) is 11.2. The zero-order valence-electron chi connectivity index (χ0n) is 17.2. The number of amides is 2. The number of aromatic nitrogens is 1. The molecule has 3 N–H and O–H groups in total. The maximum Gasteiger partial charge on any atom is 0.303 e. The number of nitrogens with zero attached hydrogens (tertiary/aromatic N) is 1. The molecule has 0 unspecified atom stereocenters. The topological polar surface area (TPSA) is 110 Å². The highest BCUT2D eigenvalue weighted by molar-refractivity contribution is 9.10. The Balaban J connectivity index is 1.54. The summed E-state index contributed by atoms with van der Waals surface area (Å²) < 4.78 is 8.17. The van der Waals surface area contributed by atoms with E-state index in [0.29, 0.717) is 27.8 Å². The number of carbonyl (C=O) groups is 3. The van der Waals surface area contributed by atoms with E-state index in [9.17, 15) is 14.4 Å². The van der Waals surface area contributed by atoms with E-state index in [4.69, 9.17) is 21.4 Å². The van der Waals surface area contributed by atoms with Crippen LogP contribution in [-0.4, -0.2) is 33.7 Å². The number of rotatable bonds is 7. The van der Waals surface area contributed by atoms with Gasteiger partial charge in [0.15, 0.2) is 6.10 Å². The molecule has 1 aliphatic heterocycles. The molecular formula is C23H19BrClN3O5. The average Bonchev–Trinajstić information content (AvgIpc) is 3.15. The van der Waals surface area contributed by atoms with Crippen molar-refractivity contribution in [3.05, 3.63) is 69.8 Å². The summed E-state index contributed by atoms with van der Waals surface area (Å²) in [6.07, 6.45) is -1.12. The lowest BCUT2D eigenvalue weighted by Crippen LogP contribution is -2.40. The molecule has 2 amide bonds. The van der Waals surface area contributed by atoms with Gasteiger partial charge in [-0.3, -0.25) is 24.5 Å². The van der Waals surface area contributed by atoms with Gasteiger partial charge in [0.1, 0.15) is 5.75 Å². The Labute approximate surface area is 202 Å². The number of fused-ring (bicyclic) bond motifs is 1. The van der Waals surface area contributed by atoms with Crippen molar-refractivity contribution in [3.8, 4) is 17.0 Å². The van der Waals surface area contributed by atoms with Crippen LogP contribution in [0.25, 0.3) is 11.3 Å². The van der Waals surface area contributed by atoms with Crippen molar-refractivity contribution in [3.63, 3.8) is 0 Å². The van der Waals surface area contributed by atoms with Gasteiger partial charge in [-0.2, -0.15) is 0 Å². The molecule has 1 atom stereocenters. The minimum absolute atomic E-state index is 0.0901. The van der Waals surface area contributed by atoms with Crippen LogP contribution in [0.2, 0.25) is 5.02 Å². The van der Waals surface area contributed by atoms with E-state index in [2.05, 4.69) is 26.7 Å². The van der Waals surface area contributed by atoms with Crippen LogP contribution in [-0.2, 0) is 20.8 Å². The molecule has 0 saturated carbocycles. The Morgan fingerprint density at radius 2 is 1.91 bits per heavy atom. The van der Waals surface area contributed by atoms with Gasteiger partial charge in [-0.25, -0.2) is 0 Å². The van der Waals surface area contributed by atoms with Crippen LogP contribution >= 0.6 is 27.5 Å². The second-order valence-corrected chi connectivity index (χ2v) is 8.77. The number of carbonyl (C=O) groups excluding carboxylic acids is 2. The predicted molar refractivity (Wildman–Crippen MR) is 127 cm³/mol. The Morgan fingerprint density at radius 3 is 2.64 bits per heavy atom. The van der Waals surface area contributed by atoms with E-state index in [0.717, 1.165) is 10.0 Å². The largest absolute Gasteiger partial charge is 0.481 e. The number of halogens is 2. The highest BCUT2D eigenvalue weighted by atomic mass is 79.9. The molecule has 0 fully saturated rings. The van der Waals surface area contributed by atoms with Crippen LogP contribution in [0.5, 0.6) is 5.75 Å². The Hall–Kier alpha value is -3.30. The third kappa shape index (κ3) is 5.37. The molecular weight excluding hydrogens is 514 g/mol. The number of anilines is 1. The number of ether oxygens (including phenoxy) is 1. The highest BCUT2D eigenvalue weighted by Crippen LogP contribution is 2.32. The van der Waals surface area contributed by atoms with Gasteiger partial charge in [0.25, 0.3) is 5.91 Å². The summed E-state index contributed by atoms with van der Waals surface area (Å²) in [6, 6.07) is 15.9. The van der Waals surface area contributed by atoms with Crippen LogP contribution in [0, 0.1) is 0 Å². The highest BCUT2D eigenvalue weighted by Gasteiger charge is 2.30. The fourth-order valence-corrected chi connectivity index (χ4v) is 3.92. The summed E-state index contributed by atoms with van der Waals surface area (Å²) in [5, 5.41) is 12.2. The fraction of sp³-hybridized carbons (Fsp3) is 0.174. The molecule has 0 saturated heterocycles. The molecule has 33 heavy (non-hydrogen) atoms. The van der Waals surface area contributed by atoms with E-state index in [1.54, 1.807) is 28.9 Å². The molecule has 3 aromatic rings. The number of aryl methyl sites for hydroxylation is 1. The first-order chi connectivity index (χ1) is 15.8. The van der Waals surface area contributed by atoms with Gasteiger partial charge in [0.05, 0.1) is 24.2 Å². The fourth-order valence-electron chi connectivity index (χ4n) is 3.48.